The molecule has 1 aromatic carbocycles. The number of hydrogen-bond acceptors (Lipinski definition) is 9. The van der Waals surface area contributed by atoms with E-state index in [4.69, 9.17) is 0 Å². The number of anilines is 1. The molecule has 1 aliphatic heterocycles. The van der Waals surface area contributed by atoms with E-state index in [1.54, 1.807) is 4.52 Å². The van der Waals surface area contributed by atoms with E-state index in [0.717, 1.165) is 11.9 Å². The number of nitrogens with zero attached hydrogens (tertiary/aromatic N) is 6. The summed E-state index contributed by atoms with van der Waals surface area (Å²) in [7, 11) is -3.92. The number of nitro groups is 1. The van der Waals surface area contributed by atoms with Crippen LogP contribution in [0.1, 0.15) is 12.8 Å². The number of non-ortho nitro benzene ring substituents is 1. The lowest BCUT2D eigenvalue weighted by Crippen LogP contribution is -2.42. The quantitative estimate of drug-likeness (QED) is 0.266. The van der Waals surface area contributed by atoms with Gasteiger partial charge in [-0.3, -0.25) is 14.9 Å². The zero-order valence-electron chi connectivity index (χ0n) is 17.5. The number of amides is 1. The lowest BCUT2D eigenvalue weighted by Gasteiger charge is -2.32. The number of fused-ring (bicyclic) bond motifs is 1. The number of nitro benzene ring substituents is 1. The lowest BCUT2D eigenvalue weighted by atomic mass is 9.96. The summed E-state index contributed by atoms with van der Waals surface area (Å²) in [5, 5.41) is 25.8. The standard InChI is InChI=1S/C19H22N8O5S/c28-19(20-8-9-22-33(31,32)16-3-1-2-15(12-16)27(29)30)14-6-10-25(11-7-14)18-5-4-17-23-21-13-26(17)24-18/h1-5,12-14,22H,6-11H2,(H,20,28). The summed E-state index contributed by atoms with van der Waals surface area (Å²) in [5.41, 5.74) is 0.350. The molecule has 4 rings (SSSR count). The minimum atomic E-state index is -3.92. The van der Waals surface area contributed by atoms with Crippen LogP contribution in [0.2, 0.25) is 0 Å². The van der Waals surface area contributed by atoms with Crippen LogP contribution >= 0.6 is 0 Å². The molecule has 0 unspecified atom stereocenters. The molecule has 174 valence electrons. The Kier molecular flexibility index (Phi) is 6.46. The number of nitrogens with one attached hydrogen (secondary N) is 2. The fraction of sp³-hybridized carbons (Fsp3) is 0.368. The Balaban J connectivity index is 1.23. The van der Waals surface area contributed by atoms with Crippen molar-refractivity contribution in [1.82, 2.24) is 29.9 Å². The van der Waals surface area contributed by atoms with Crippen LogP contribution in [-0.4, -0.2) is 65.2 Å². The van der Waals surface area contributed by atoms with Crippen LogP contribution in [-0.2, 0) is 14.8 Å². The molecule has 14 heteroatoms. The Labute approximate surface area is 189 Å². The van der Waals surface area contributed by atoms with Gasteiger partial charge in [0.25, 0.3) is 5.69 Å². The summed E-state index contributed by atoms with van der Waals surface area (Å²) in [4.78, 5) is 24.5. The Morgan fingerprint density at radius 1 is 1.18 bits per heavy atom. The molecule has 0 radical (unpaired) electrons. The summed E-state index contributed by atoms with van der Waals surface area (Å²) in [5.74, 6) is 0.483. The number of aromatic nitrogens is 4. The van der Waals surface area contributed by atoms with Crippen molar-refractivity contribution < 1.29 is 18.1 Å². The predicted molar refractivity (Wildman–Crippen MR) is 117 cm³/mol. The third-order valence-electron chi connectivity index (χ3n) is 5.39. The highest BCUT2D eigenvalue weighted by molar-refractivity contribution is 7.89. The molecule has 0 saturated carbocycles. The largest absolute Gasteiger partial charge is 0.355 e. The topological polar surface area (TPSA) is 165 Å². The average molecular weight is 475 g/mol. The van der Waals surface area contributed by atoms with Gasteiger partial charge in [-0.15, -0.1) is 15.3 Å². The van der Waals surface area contributed by atoms with Crippen LogP contribution in [0, 0.1) is 16.0 Å². The van der Waals surface area contributed by atoms with Gasteiger partial charge < -0.3 is 10.2 Å². The molecule has 13 nitrogen and oxygen atoms in total. The van der Waals surface area contributed by atoms with Crippen LogP contribution in [0.25, 0.3) is 5.65 Å². The number of benzene rings is 1. The van der Waals surface area contributed by atoms with Crippen molar-refractivity contribution in [3.8, 4) is 0 Å². The summed E-state index contributed by atoms with van der Waals surface area (Å²) >= 11 is 0. The van der Waals surface area contributed by atoms with Crippen molar-refractivity contribution in [3.63, 3.8) is 0 Å². The minimum Gasteiger partial charge on any atom is -0.355 e. The van der Waals surface area contributed by atoms with Crippen LogP contribution in [0.4, 0.5) is 11.5 Å². The highest BCUT2D eigenvalue weighted by atomic mass is 32.2. The van der Waals surface area contributed by atoms with Crippen LogP contribution in [0.3, 0.4) is 0 Å². The highest BCUT2D eigenvalue weighted by Crippen LogP contribution is 2.22. The van der Waals surface area contributed by atoms with Crippen molar-refractivity contribution >= 4 is 33.1 Å². The maximum absolute atomic E-state index is 12.5. The maximum Gasteiger partial charge on any atom is 0.270 e. The molecule has 33 heavy (non-hydrogen) atoms. The van der Waals surface area contributed by atoms with E-state index in [1.807, 2.05) is 12.1 Å². The van der Waals surface area contributed by atoms with Crippen molar-refractivity contribution in [2.75, 3.05) is 31.1 Å². The van der Waals surface area contributed by atoms with Gasteiger partial charge in [-0.2, -0.15) is 4.52 Å². The highest BCUT2D eigenvalue weighted by Gasteiger charge is 2.26. The molecule has 3 aromatic rings. The molecule has 0 spiro atoms. The van der Waals surface area contributed by atoms with E-state index >= 15 is 0 Å². The van der Waals surface area contributed by atoms with E-state index < -0.39 is 14.9 Å². The average Bonchev–Trinajstić information content (AvgIpc) is 3.30. The SMILES string of the molecule is O=C(NCCNS(=O)(=O)c1cccc([N+](=O)[O-])c1)C1CCN(c2ccc3nncn3n2)CC1. The zero-order chi connectivity index (χ0) is 23.4. The summed E-state index contributed by atoms with van der Waals surface area (Å²) in [6, 6.07) is 8.50. The molecule has 1 fully saturated rings. The van der Waals surface area contributed by atoms with Gasteiger partial charge >= 0.3 is 0 Å². The number of sulfonamides is 1. The summed E-state index contributed by atoms with van der Waals surface area (Å²) in [6.45, 7) is 1.41. The van der Waals surface area contributed by atoms with Crippen molar-refractivity contribution in [2.45, 2.75) is 17.7 Å². The third kappa shape index (κ3) is 5.23. The molecule has 0 bridgehead atoms. The van der Waals surface area contributed by atoms with E-state index in [1.165, 1.54) is 24.5 Å². The molecular formula is C19H22N8O5S. The Morgan fingerprint density at radius 3 is 2.73 bits per heavy atom. The third-order valence-corrected chi connectivity index (χ3v) is 6.85. The monoisotopic (exact) mass is 474 g/mol. The number of carbonyl (C=O) groups is 1. The molecule has 0 atom stereocenters. The molecule has 2 aromatic heterocycles. The van der Waals surface area contributed by atoms with Gasteiger partial charge in [-0.1, -0.05) is 6.07 Å². The second kappa shape index (κ2) is 9.46. The molecule has 1 saturated heterocycles. The minimum absolute atomic E-state index is 0.0293. The Hall–Kier alpha value is -3.65. The fourth-order valence-corrected chi connectivity index (χ4v) is 4.69. The van der Waals surface area contributed by atoms with Gasteiger partial charge in [-0.05, 0) is 31.0 Å². The van der Waals surface area contributed by atoms with Gasteiger partial charge in [0, 0.05) is 44.2 Å². The summed E-state index contributed by atoms with van der Waals surface area (Å²) < 4.78 is 28.6. The van der Waals surface area contributed by atoms with E-state index in [0.29, 0.717) is 31.6 Å². The second-order valence-electron chi connectivity index (χ2n) is 7.53. The first-order valence-electron chi connectivity index (χ1n) is 10.3. The number of rotatable bonds is 8. The van der Waals surface area contributed by atoms with Gasteiger partial charge in [0.15, 0.2) is 5.65 Å². The summed E-state index contributed by atoms with van der Waals surface area (Å²) in [6.07, 6.45) is 2.83. The molecule has 1 aliphatic rings. The van der Waals surface area contributed by atoms with Gasteiger partial charge in [0.1, 0.15) is 12.1 Å². The zero-order valence-corrected chi connectivity index (χ0v) is 18.3. The Morgan fingerprint density at radius 2 is 1.97 bits per heavy atom. The van der Waals surface area contributed by atoms with Gasteiger partial charge in [-0.25, -0.2) is 13.1 Å². The van der Waals surface area contributed by atoms with Crippen molar-refractivity contribution in [2.24, 2.45) is 5.92 Å². The van der Waals surface area contributed by atoms with E-state index in [9.17, 15) is 23.3 Å². The molecular weight excluding hydrogens is 452 g/mol. The van der Waals surface area contributed by atoms with Crippen molar-refractivity contribution in [1.29, 1.82) is 0 Å². The first kappa shape index (κ1) is 22.5. The van der Waals surface area contributed by atoms with Crippen LogP contribution in [0.5, 0.6) is 0 Å². The fourth-order valence-electron chi connectivity index (χ4n) is 3.62. The first-order valence-corrected chi connectivity index (χ1v) is 11.8. The smallest absolute Gasteiger partial charge is 0.270 e. The van der Waals surface area contributed by atoms with E-state index in [2.05, 4.69) is 30.2 Å². The number of piperidine rings is 1. The first-order chi connectivity index (χ1) is 15.8. The molecule has 2 N–H and O–H groups in total. The van der Waals surface area contributed by atoms with Crippen LogP contribution in [0.15, 0.2) is 47.6 Å². The number of hydrogen-bond donors (Lipinski definition) is 2. The number of carbonyl (C=O) groups excluding carboxylic acids is 1. The van der Waals surface area contributed by atoms with E-state index in [-0.39, 0.29) is 35.5 Å². The lowest BCUT2D eigenvalue weighted by molar-refractivity contribution is -0.385. The maximum atomic E-state index is 12.5. The normalized spacial score (nSPS) is 15.0. The predicted octanol–water partition coefficient (Wildman–Crippen LogP) is 0.344. The van der Waals surface area contributed by atoms with Crippen molar-refractivity contribution in [3.05, 3.63) is 52.8 Å². The Bertz CT molecular complexity index is 1270. The van der Waals surface area contributed by atoms with Crippen LogP contribution < -0.4 is 14.9 Å². The van der Waals surface area contributed by atoms with Gasteiger partial charge in [0.05, 0.1) is 9.82 Å². The molecule has 3 heterocycles. The molecule has 1 amide bonds. The second-order valence-corrected chi connectivity index (χ2v) is 9.30. The molecule has 0 aliphatic carbocycles. The van der Waals surface area contributed by atoms with Gasteiger partial charge in [0.2, 0.25) is 15.9 Å².